The molecule has 0 unspecified atom stereocenters. The van der Waals surface area contributed by atoms with Crippen LogP contribution in [0.2, 0.25) is 5.02 Å². The van der Waals surface area contributed by atoms with Crippen molar-refractivity contribution in [3.63, 3.8) is 0 Å². The molecule has 2 aromatic rings. The Labute approximate surface area is 146 Å². The van der Waals surface area contributed by atoms with Crippen LogP contribution < -0.4 is 20.1 Å². The lowest BCUT2D eigenvalue weighted by atomic mass is 10.2. The lowest BCUT2D eigenvalue weighted by Gasteiger charge is -2.12. The zero-order valence-corrected chi connectivity index (χ0v) is 14.7. The normalized spacial score (nSPS) is 10.2. The molecule has 0 radical (unpaired) electrons. The third kappa shape index (κ3) is 4.80. The highest BCUT2D eigenvalue weighted by Crippen LogP contribution is 2.29. The van der Waals surface area contributed by atoms with Crippen LogP contribution in [0.15, 0.2) is 36.4 Å². The van der Waals surface area contributed by atoms with Crippen molar-refractivity contribution in [2.45, 2.75) is 13.3 Å². The summed E-state index contributed by atoms with van der Waals surface area (Å²) in [5, 5.41) is 6.71. The summed E-state index contributed by atoms with van der Waals surface area (Å²) in [6.45, 7) is 2.44. The lowest BCUT2D eigenvalue weighted by molar-refractivity contribution is -0.115. The predicted octanol–water partition coefficient (Wildman–Crippen LogP) is 4.11. The molecule has 0 aliphatic rings. The first-order chi connectivity index (χ1) is 11.5. The molecule has 0 bridgehead atoms. The number of ether oxygens (including phenoxy) is 2. The number of amides is 1. The van der Waals surface area contributed by atoms with Crippen LogP contribution in [0.5, 0.6) is 11.5 Å². The second kappa shape index (κ2) is 8.45. The number of anilines is 2. The maximum atomic E-state index is 12.1. The van der Waals surface area contributed by atoms with Crippen molar-refractivity contribution in [2.75, 3.05) is 31.4 Å². The van der Waals surface area contributed by atoms with Gasteiger partial charge >= 0.3 is 0 Å². The molecule has 0 atom stereocenters. The second-order valence-corrected chi connectivity index (χ2v) is 5.66. The molecule has 0 saturated heterocycles. The van der Waals surface area contributed by atoms with Gasteiger partial charge in [0, 0.05) is 29.7 Å². The fourth-order valence-electron chi connectivity index (χ4n) is 2.15. The van der Waals surface area contributed by atoms with Crippen molar-refractivity contribution in [1.82, 2.24) is 0 Å². The average Bonchev–Trinajstić information content (AvgIpc) is 2.58. The van der Waals surface area contributed by atoms with Gasteiger partial charge in [-0.15, -0.1) is 0 Å². The number of hydrogen-bond acceptors (Lipinski definition) is 4. The molecule has 6 heteroatoms. The molecule has 2 N–H and O–H groups in total. The summed E-state index contributed by atoms with van der Waals surface area (Å²) < 4.78 is 10.4. The molecule has 1 amide bonds. The molecule has 128 valence electrons. The first kappa shape index (κ1) is 17.9. The van der Waals surface area contributed by atoms with E-state index in [1.165, 1.54) is 0 Å². The van der Waals surface area contributed by atoms with E-state index in [0.717, 1.165) is 11.3 Å². The molecular formula is C18H21ClN2O3. The van der Waals surface area contributed by atoms with Gasteiger partial charge in [0.25, 0.3) is 0 Å². The minimum absolute atomic E-state index is 0.118. The Hall–Kier alpha value is -2.40. The quantitative estimate of drug-likeness (QED) is 0.790. The molecule has 0 fully saturated rings. The molecule has 0 heterocycles. The third-order valence-electron chi connectivity index (χ3n) is 3.53. The van der Waals surface area contributed by atoms with Gasteiger partial charge in [-0.2, -0.15) is 0 Å². The lowest BCUT2D eigenvalue weighted by Crippen LogP contribution is -2.16. The number of rotatable bonds is 7. The van der Waals surface area contributed by atoms with Crippen LogP contribution >= 0.6 is 11.6 Å². The van der Waals surface area contributed by atoms with Crippen LogP contribution in [0.3, 0.4) is 0 Å². The zero-order valence-electron chi connectivity index (χ0n) is 14.0. The number of carbonyl (C=O) groups excluding carboxylic acids is 1. The molecule has 5 nitrogen and oxygen atoms in total. The summed E-state index contributed by atoms with van der Waals surface area (Å²) in [6.07, 6.45) is 0.311. The van der Waals surface area contributed by atoms with Crippen molar-refractivity contribution in [1.29, 1.82) is 0 Å². The van der Waals surface area contributed by atoms with Crippen LogP contribution in [0, 0.1) is 6.92 Å². The number of aryl methyl sites for hydroxylation is 1. The van der Waals surface area contributed by atoms with Crippen LogP contribution in [0.1, 0.15) is 12.0 Å². The van der Waals surface area contributed by atoms with Crippen LogP contribution in [-0.4, -0.2) is 26.7 Å². The van der Waals surface area contributed by atoms with Gasteiger partial charge < -0.3 is 20.1 Å². The van der Waals surface area contributed by atoms with E-state index in [2.05, 4.69) is 10.6 Å². The van der Waals surface area contributed by atoms with Crippen LogP contribution in [0.4, 0.5) is 11.4 Å². The number of hydrogen-bond donors (Lipinski definition) is 2. The smallest absolute Gasteiger partial charge is 0.226 e. The predicted molar refractivity (Wildman–Crippen MR) is 97.5 cm³/mol. The molecule has 0 aromatic heterocycles. The van der Waals surface area contributed by atoms with Gasteiger partial charge in [0.2, 0.25) is 5.91 Å². The van der Waals surface area contributed by atoms with E-state index in [-0.39, 0.29) is 5.91 Å². The number of nitrogens with one attached hydrogen (secondary N) is 2. The zero-order chi connectivity index (χ0) is 17.5. The molecule has 0 spiro atoms. The highest BCUT2D eigenvalue weighted by Gasteiger charge is 2.09. The van der Waals surface area contributed by atoms with Crippen molar-refractivity contribution in [3.8, 4) is 11.5 Å². The largest absolute Gasteiger partial charge is 0.497 e. The number of halogens is 1. The molecule has 2 rings (SSSR count). The van der Waals surface area contributed by atoms with E-state index < -0.39 is 0 Å². The van der Waals surface area contributed by atoms with Gasteiger partial charge in [0.1, 0.15) is 11.5 Å². The van der Waals surface area contributed by atoms with Crippen molar-refractivity contribution in [3.05, 3.63) is 47.0 Å². The van der Waals surface area contributed by atoms with Crippen molar-refractivity contribution < 1.29 is 14.3 Å². The second-order valence-electron chi connectivity index (χ2n) is 5.26. The fourth-order valence-corrected chi connectivity index (χ4v) is 2.33. The third-order valence-corrected chi connectivity index (χ3v) is 3.94. The highest BCUT2D eigenvalue weighted by molar-refractivity contribution is 6.31. The standard InChI is InChI=1S/C18H21ClN2O3/c1-12-4-5-13(10-15(12)19)20-9-8-18(22)21-16-11-14(23-2)6-7-17(16)24-3/h4-7,10-11,20H,8-9H2,1-3H3,(H,21,22). The summed E-state index contributed by atoms with van der Waals surface area (Å²) in [7, 11) is 3.13. The Morgan fingerprint density at radius 3 is 2.58 bits per heavy atom. The van der Waals surface area contributed by atoms with E-state index in [1.807, 2.05) is 25.1 Å². The molecular weight excluding hydrogens is 328 g/mol. The molecule has 0 aliphatic heterocycles. The van der Waals surface area contributed by atoms with Gasteiger partial charge in [0.05, 0.1) is 19.9 Å². The maximum Gasteiger partial charge on any atom is 0.226 e. The Balaban J connectivity index is 1.90. The van der Waals surface area contributed by atoms with Gasteiger partial charge in [-0.25, -0.2) is 0 Å². The minimum Gasteiger partial charge on any atom is -0.497 e. The van der Waals surface area contributed by atoms with Crippen LogP contribution in [0.25, 0.3) is 0 Å². The SMILES string of the molecule is COc1ccc(OC)c(NC(=O)CCNc2ccc(C)c(Cl)c2)c1. The Morgan fingerprint density at radius 2 is 1.92 bits per heavy atom. The van der Waals surface area contributed by atoms with E-state index in [0.29, 0.717) is 35.2 Å². The van der Waals surface area contributed by atoms with Crippen LogP contribution in [-0.2, 0) is 4.79 Å². The summed E-state index contributed by atoms with van der Waals surface area (Å²) in [4.78, 5) is 12.1. The van der Waals surface area contributed by atoms with Crippen molar-refractivity contribution >= 4 is 28.9 Å². The van der Waals surface area contributed by atoms with Gasteiger partial charge in [-0.1, -0.05) is 17.7 Å². The van der Waals surface area contributed by atoms with Gasteiger partial charge in [-0.05, 0) is 36.8 Å². The number of carbonyl (C=O) groups is 1. The summed E-state index contributed by atoms with van der Waals surface area (Å²) in [6, 6.07) is 11.0. The summed E-state index contributed by atoms with van der Waals surface area (Å²) in [5.74, 6) is 1.12. The highest BCUT2D eigenvalue weighted by atomic mass is 35.5. The summed E-state index contributed by atoms with van der Waals surface area (Å²) in [5.41, 5.74) is 2.49. The maximum absolute atomic E-state index is 12.1. The molecule has 24 heavy (non-hydrogen) atoms. The molecule has 0 saturated carbocycles. The van der Waals surface area contributed by atoms with E-state index in [9.17, 15) is 4.79 Å². The fraction of sp³-hybridized carbons (Fsp3) is 0.278. The first-order valence-corrected chi connectivity index (χ1v) is 7.93. The van der Waals surface area contributed by atoms with E-state index in [4.69, 9.17) is 21.1 Å². The minimum atomic E-state index is -0.118. The van der Waals surface area contributed by atoms with E-state index >= 15 is 0 Å². The Kier molecular flexibility index (Phi) is 6.32. The Bertz CT molecular complexity index is 719. The average molecular weight is 349 g/mol. The summed E-state index contributed by atoms with van der Waals surface area (Å²) >= 11 is 6.08. The number of methoxy groups -OCH3 is 2. The topological polar surface area (TPSA) is 59.6 Å². The Morgan fingerprint density at radius 1 is 1.12 bits per heavy atom. The van der Waals surface area contributed by atoms with Gasteiger partial charge in [0.15, 0.2) is 0 Å². The molecule has 0 aliphatic carbocycles. The van der Waals surface area contributed by atoms with E-state index in [1.54, 1.807) is 32.4 Å². The van der Waals surface area contributed by atoms with Crippen molar-refractivity contribution in [2.24, 2.45) is 0 Å². The molecule has 2 aromatic carbocycles. The van der Waals surface area contributed by atoms with Gasteiger partial charge in [-0.3, -0.25) is 4.79 Å². The monoisotopic (exact) mass is 348 g/mol. The first-order valence-electron chi connectivity index (χ1n) is 7.55. The number of benzene rings is 2.